The van der Waals surface area contributed by atoms with Gasteiger partial charge in [-0.2, -0.15) is 5.26 Å². The first kappa shape index (κ1) is 19.4. The second-order valence-corrected chi connectivity index (χ2v) is 6.15. The van der Waals surface area contributed by atoms with E-state index in [1.807, 2.05) is 31.4 Å². The third-order valence-electron chi connectivity index (χ3n) is 4.22. The molecular weight excluding hydrogens is 332 g/mol. The van der Waals surface area contributed by atoms with Gasteiger partial charge in [0.15, 0.2) is 6.61 Å². The van der Waals surface area contributed by atoms with E-state index in [2.05, 4.69) is 0 Å². The molecule has 0 aliphatic rings. The average Bonchev–Trinajstić information content (AvgIpc) is 2.94. The molecule has 26 heavy (non-hydrogen) atoms. The number of ketones is 1. The van der Waals surface area contributed by atoms with Gasteiger partial charge in [-0.05, 0) is 51.1 Å². The predicted octanol–water partition coefficient (Wildman–Crippen LogP) is 3.22. The van der Waals surface area contributed by atoms with Gasteiger partial charge in [-0.1, -0.05) is 0 Å². The number of aryl methyl sites for hydroxylation is 1. The van der Waals surface area contributed by atoms with Gasteiger partial charge in [0.2, 0.25) is 5.78 Å². The fraction of sp³-hybridized carbons (Fsp3) is 0.350. The zero-order valence-corrected chi connectivity index (χ0v) is 15.4. The molecule has 0 radical (unpaired) electrons. The third kappa shape index (κ3) is 4.19. The Hall–Kier alpha value is -2.91. The molecule has 0 bridgehead atoms. The summed E-state index contributed by atoms with van der Waals surface area (Å²) >= 11 is 0. The molecule has 2 rings (SSSR count). The Morgan fingerprint density at radius 2 is 1.88 bits per heavy atom. The van der Waals surface area contributed by atoms with Crippen LogP contribution in [0.3, 0.4) is 0 Å². The Bertz CT molecular complexity index is 844. The lowest BCUT2D eigenvalue weighted by atomic mass is 10.1. The molecular formula is C20H22N2O4. The highest BCUT2D eigenvalue weighted by molar-refractivity contribution is 6.00. The first-order chi connectivity index (χ1) is 12.4. The molecule has 0 amide bonds. The van der Waals surface area contributed by atoms with Crippen molar-refractivity contribution < 1.29 is 19.1 Å². The lowest BCUT2D eigenvalue weighted by Gasteiger charge is -2.17. The number of aromatic nitrogens is 1. The van der Waals surface area contributed by atoms with Crippen LogP contribution < -0.4 is 0 Å². The van der Waals surface area contributed by atoms with E-state index in [9.17, 15) is 9.59 Å². The summed E-state index contributed by atoms with van der Waals surface area (Å²) in [5.41, 5.74) is 3.07. The van der Waals surface area contributed by atoms with Gasteiger partial charge in [0.25, 0.3) is 0 Å². The van der Waals surface area contributed by atoms with Crippen LogP contribution >= 0.6 is 0 Å². The van der Waals surface area contributed by atoms with E-state index in [4.69, 9.17) is 14.7 Å². The van der Waals surface area contributed by atoms with E-state index >= 15 is 0 Å². The van der Waals surface area contributed by atoms with Crippen LogP contribution in [-0.2, 0) is 9.47 Å². The molecule has 0 saturated carbocycles. The molecule has 0 unspecified atom stereocenters. The van der Waals surface area contributed by atoms with Gasteiger partial charge >= 0.3 is 5.97 Å². The standard InChI is InChI=1S/C20H22N2O4/c1-13-9-18(15(3)22(13)14(2)11-25-4)19(23)12-26-20(24)17-7-5-16(10-21)6-8-17/h5-9,14H,11-12H2,1-4H3/t14-/m1/s1. The Kier molecular flexibility index (Phi) is 6.31. The summed E-state index contributed by atoms with van der Waals surface area (Å²) in [5, 5.41) is 8.77. The van der Waals surface area contributed by atoms with E-state index in [0.717, 1.165) is 11.4 Å². The van der Waals surface area contributed by atoms with Gasteiger partial charge in [-0.25, -0.2) is 4.79 Å². The number of rotatable bonds is 7. The van der Waals surface area contributed by atoms with Crippen LogP contribution in [0.25, 0.3) is 0 Å². The van der Waals surface area contributed by atoms with Crippen molar-refractivity contribution in [1.82, 2.24) is 4.57 Å². The van der Waals surface area contributed by atoms with Crippen LogP contribution in [0.2, 0.25) is 0 Å². The van der Waals surface area contributed by atoms with Crippen molar-refractivity contribution in [3.05, 3.63) is 58.4 Å². The van der Waals surface area contributed by atoms with Gasteiger partial charge in [0.05, 0.1) is 29.8 Å². The zero-order chi connectivity index (χ0) is 19.3. The molecule has 6 nitrogen and oxygen atoms in total. The van der Waals surface area contributed by atoms with Crippen molar-refractivity contribution in [3.8, 4) is 6.07 Å². The zero-order valence-electron chi connectivity index (χ0n) is 15.4. The van der Waals surface area contributed by atoms with Gasteiger partial charge in [0.1, 0.15) is 0 Å². The summed E-state index contributed by atoms with van der Waals surface area (Å²) in [7, 11) is 1.64. The van der Waals surface area contributed by atoms with Crippen LogP contribution in [0, 0.1) is 25.2 Å². The smallest absolute Gasteiger partial charge is 0.338 e. The molecule has 0 N–H and O–H groups in total. The highest BCUT2D eigenvalue weighted by Crippen LogP contribution is 2.21. The Balaban J connectivity index is 2.07. The summed E-state index contributed by atoms with van der Waals surface area (Å²) in [4.78, 5) is 24.5. The lowest BCUT2D eigenvalue weighted by molar-refractivity contribution is 0.0474. The summed E-state index contributed by atoms with van der Waals surface area (Å²) in [6.07, 6.45) is 0. The molecule has 6 heteroatoms. The maximum absolute atomic E-state index is 12.5. The van der Waals surface area contributed by atoms with Crippen LogP contribution in [0.15, 0.2) is 30.3 Å². The fourth-order valence-electron chi connectivity index (χ4n) is 3.03. The maximum Gasteiger partial charge on any atom is 0.338 e. The molecule has 0 fully saturated rings. The Morgan fingerprint density at radius 1 is 1.23 bits per heavy atom. The van der Waals surface area contributed by atoms with Gasteiger partial charge in [-0.3, -0.25) is 4.79 Å². The van der Waals surface area contributed by atoms with Crippen molar-refractivity contribution in [2.75, 3.05) is 20.3 Å². The molecule has 0 aliphatic carbocycles. The highest BCUT2D eigenvalue weighted by Gasteiger charge is 2.20. The number of carbonyl (C=O) groups excluding carboxylic acids is 2. The molecule has 0 saturated heterocycles. The van der Waals surface area contributed by atoms with Gasteiger partial charge in [-0.15, -0.1) is 0 Å². The average molecular weight is 354 g/mol. The van der Waals surface area contributed by atoms with Crippen LogP contribution in [0.4, 0.5) is 0 Å². The molecule has 1 heterocycles. The van der Waals surface area contributed by atoms with Crippen molar-refractivity contribution in [2.45, 2.75) is 26.8 Å². The minimum atomic E-state index is -0.593. The number of carbonyl (C=O) groups is 2. The summed E-state index contributed by atoms with van der Waals surface area (Å²) < 4.78 is 12.4. The molecule has 136 valence electrons. The minimum Gasteiger partial charge on any atom is -0.454 e. The van der Waals surface area contributed by atoms with E-state index in [-0.39, 0.29) is 18.4 Å². The third-order valence-corrected chi connectivity index (χ3v) is 4.22. The van der Waals surface area contributed by atoms with E-state index in [0.29, 0.717) is 23.3 Å². The summed E-state index contributed by atoms with van der Waals surface area (Å²) in [6, 6.07) is 9.95. The Labute approximate surface area is 152 Å². The van der Waals surface area contributed by atoms with E-state index < -0.39 is 5.97 Å². The number of nitrogens with zero attached hydrogens (tertiary/aromatic N) is 2. The topological polar surface area (TPSA) is 81.3 Å². The van der Waals surface area contributed by atoms with E-state index in [1.54, 1.807) is 13.2 Å². The molecule has 1 aromatic heterocycles. The first-order valence-electron chi connectivity index (χ1n) is 8.26. The number of hydrogen-bond acceptors (Lipinski definition) is 5. The quantitative estimate of drug-likeness (QED) is 0.563. The number of ether oxygens (including phenoxy) is 2. The van der Waals surface area contributed by atoms with E-state index in [1.165, 1.54) is 24.3 Å². The number of methoxy groups -OCH3 is 1. The predicted molar refractivity (Wildman–Crippen MR) is 96.3 cm³/mol. The lowest BCUT2D eigenvalue weighted by Crippen LogP contribution is -2.17. The van der Waals surface area contributed by atoms with Crippen LogP contribution in [-0.4, -0.2) is 36.6 Å². The normalized spacial score (nSPS) is 11.7. The minimum absolute atomic E-state index is 0.0998. The monoisotopic (exact) mass is 354 g/mol. The molecule has 1 aromatic carbocycles. The van der Waals surface area contributed by atoms with Crippen molar-refractivity contribution in [2.24, 2.45) is 0 Å². The Morgan fingerprint density at radius 3 is 2.46 bits per heavy atom. The second-order valence-electron chi connectivity index (χ2n) is 6.15. The van der Waals surface area contributed by atoms with Gasteiger partial charge in [0, 0.05) is 24.1 Å². The molecule has 1 atom stereocenters. The van der Waals surface area contributed by atoms with Gasteiger partial charge < -0.3 is 14.0 Å². The largest absolute Gasteiger partial charge is 0.454 e. The first-order valence-corrected chi connectivity index (χ1v) is 8.26. The highest BCUT2D eigenvalue weighted by atomic mass is 16.5. The van der Waals surface area contributed by atoms with Crippen molar-refractivity contribution in [1.29, 1.82) is 5.26 Å². The summed E-state index contributed by atoms with van der Waals surface area (Å²) in [5.74, 6) is -0.847. The molecule has 0 aliphatic heterocycles. The SMILES string of the molecule is COC[C@@H](C)n1c(C)cc(C(=O)COC(=O)c2ccc(C#N)cc2)c1C. The number of esters is 1. The van der Waals surface area contributed by atoms with Crippen LogP contribution in [0.1, 0.15) is 50.6 Å². The summed E-state index contributed by atoms with van der Waals surface area (Å²) in [6.45, 7) is 6.02. The number of benzene rings is 1. The number of Topliss-reactive ketones (excluding diaryl/α,β-unsaturated/α-hetero) is 1. The number of hydrogen-bond donors (Lipinski definition) is 0. The maximum atomic E-state index is 12.5. The second kappa shape index (κ2) is 8.45. The van der Waals surface area contributed by atoms with Crippen molar-refractivity contribution in [3.63, 3.8) is 0 Å². The van der Waals surface area contributed by atoms with Crippen molar-refractivity contribution >= 4 is 11.8 Å². The fourth-order valence-corrected chi connectivity index (χ4v) is 3.03. The molecule has 2 aromatic rings. The van der Waals surface area contributed by atoms with Crippen LogP contribution in [0.5, 0.6) is 0 Å². The molecule has 0 spiro atoms. The number of nitriles is 1.